The zero-order valence-electron chi connectivity index (χ0n) is 8.13. The highest BCUT2D eigenvalue weighted by Gasteiger charge is 2.29. The lowest BCUT2D eigenvalue weighted by atomic mass is 9.87. The number of aliphatic hydroxyl groups excluding tert-OH is 1. The summed E-state index contributed by atoms with van der Waals surface area (Å²) in [5.74, 6) is 0. The van der Waals surface area contributed by atoms with Crippen molar-refractivity contribution in [2.24, 2.45) is 5.73 Å². The van der Waals surface area contributed by atoms with Gasteiger partial charge in [0.05, 0.1) is 17.8 Å². The maximum Gasteiger partial charge on any atom is 0.0928 e. The molecular weight excluding hydrogens is 202 g/mol. The number of hydrogen-bond acceptors (Lipinski definition) is 3. The fourth-order valence-corrected chi connectivity index (χ4v) is 1.79. The van der Waals surface area contributed by atoms with Gasteiger partial charge < -0.3 is 10.8 Å². The van der Waals surface area contributed by atoms with Gasteiger partial charge in [-0.3, -0.25) is 4.68 Å². The van der Waals surface area contributed by atoms with Crippen LogP contribution in [0.5, 0.6) is 0 Å². The first-order valence-corrected chi connectivity index (χ1v) is 4.65. The van der Waals surface area contributed by atoms with E-state index in [-0.39, 0.29) is 12.4 Å². The van der Waals surface area contributed by atoms with Gasteiger partial charge in [-0.05, 0) is 25.8 Å². The van der Waals surface area contributed by atoms with Crippen LogP contribution in [0.4, 0.5) is 0 Å². The summed E-state index contributed by atoms with van der Waals surface area (Å²) in [4.78, 5) is 0. The number of hydrogen-bond donors (Lipinski definition) is 2. The van der Waals surface area contributed by atoms with Gasteiger partial charge in [0.1, 0.15) is 0 Å². The van der Waals surface area contributed by atoms with Crippen LogP contribution in [-0.2, 0) is 0 Å². The summed E-state index contributed by atoms with van der Waals surface area (Å²) in [6.45, 7) is 1.76. The molecule has 0 saturated heterocycles. The first-order valence-electron chi connectivity index (χ1n) is 4.65. The minimum atomic E-state index is -0.445. The van der Waals surface area contributed by atoms with Gasteiger partial charge in [0.2, 0.25) is 0 Å². The molecule has 1 saturated carbocycles. The number of halogens is 1. The van der Waals surface area contributed by atoms with Gasteiger partial charge in [0.15, 0.2) is 0 Å². The third-order valence-electron chi connectivity index (χ3n) is 2.62. The predicted octanol–water partition coefficient (Wildman–Crippen LogP) is 1.02. The lowest BCUT2D eigenvalue weighted by Crippen LogP contribution is -2.38. The van der Waals surface area contributed by atoms with E-state index in [1.807, 2.05) is 10.7 Å². The summed E-state index contributed by atoms with van der Waals surface area (Å²) in [6.07, 6.45) is 3.23. The Morgan fingerprint density at radius 2 is 2.29 bits per heavy atom. The number of aliphatic hydroxyl groups is 1. The summed E-state index contributed by atoms with van der Waals surface area (Å²) in [5.41, 5.74) is 6.58. The Kier molecular flexibility index (Phi) is 3.53. The summed E-state index contributed by atoms with van der Waals surface area (Å²) < 4.78 is 1.90. The molecule has 4 nitrogen and oxygen atoms in total. The minimum absolute atomic E-state index is 0. The second-order valence-electron chi connectivity index (χ2n) is 3.76. The monoisotopic (exact) mass is 217 g/mol. The van der Waals surface area contributed by atoms with E-state index in [1.165, 1.54) is 0 Å². The van der Waals surface area contributed by atoms with Crippen LogP contribution in [0.1, 0.15) is 37.6 Å². The van der Waals surface area contributed by atoms with Crippen molar-refractivity contribution in [2.75, 3.05) is 0 Å². The van der Waals surface area contributed by atoms with Gasteiger partial charge in [0.25, 0.3) is 0 Å². The Morgan fingerprint density at radius 3 is 2.79 bits per heavy atom. The average Bonchev–Trinajstić information content (AvgIpc) is 2.45. The van der Waals surface area contributed by atoms with Crippen molar-refractivity contribution < 1.29 is 5.11 Å². The highest BCUT2D eigenvalue weighted by molar-refractivity contribution is 5.85. The van der Waals surface area contributed by atoms with E-state index in [2.05, 4.69) is 5.10 Å². The van der Waals surface area contributed by atoms with Gasteiger partial charge in [-0.2, -0.15) is 5.10 Å². The molecule has 80 valence electrons. The summed E-state index contributed by atoms with van der Waals surface area (Å²) >= 11 is 0. The SMILES string of the molecule is C[C@@H](O)c1ccnn1C1CC(N)C1.Cl. The van der Waals surface area contributed by atoms with Gasteiger partial charge in [-0.25, -0.2) is 0 Å². The summed E-state index contributed by atoms with van der Waals surface area (Å²) in [6, 6.07) is 2.57. The van der Waals surface area contributed by atoms with E-state index in [0.717, 1.165) is 18.5 Å². The highest BCUT2D eigenvalue weighted by Crippen LogP contribution is 2.32. The van der Waals surface area contributed by atoms with Gasteiger partial charge in [-0.15, -0.1) is 12.4 Å². The minimum Gasteiger partial charge on any atom is -0.387 e. The predicted molar refractivity (Wildman–Crippen MR) is 56.4 cm³/mol. The molecule has 1 aliphatic rings. The van der Waals surface area contributed by atoms with Gasteiger partial charge in [0, 0.05) is 12.2 Å². The molecule has 1 aromatic heterocycles. The van der Waals surface area contributed by atoms with Crippen LogP contribution in [0, 0.1) is 0 Å². The zero-order valence-corrected chi connectivity index (χ0v) is 8.94. The molecule has 0 bridgehead atoms. The zero-order chi connectivity index (χ0) is 9.42. The van der Waals surface area contributed by atoms with Crippen molar-refractivity contribution in [3.05, 3.63) is 18.0 Å². The molecule has 2 rings (SSSR count). The molecular formula is C9H16ClN3O. The van der Waals surface area contributed by atoms with Crippen LogP contribution in [0.25, 0.3) is 0 Å². The van der Waals surface area contributed by atoms with Crippen LogP contribution in [0.3, 0.4) is 0 Å². The Bertz CT molecular complexity index is 294. The van der Waals surface area contributed by atoms with E-state index in [4.69, 9.17) is 5.73 Å². The number of nitrogens with two attached hydrogens (primary N) is 1. The van der Waals surface area contributed by atoms with Crippen LogP contribution in [-0.4, -0.2) is 20.9 Å². The molecule has 14 heavy (non-hydrogen) atoms. The smallest absolute Gasteiger partial charge is 0.0928 e. The van der Waals surface area contributed by atoms with E-state index >= 15 is 0 Å². The van der Waals surface area contributed by atoms with Crippen molar-refractivity contribution >= 4 is 12.4 Å². The third-order valence-corrected chi connectivity index (χ3v) is 2.62. The Labute approximate surface area is 89.5 Å². The molecule has 3 N–H and O–H groups in total. The molecule has 0 radical (unpaired) electrons. The largest absolute Gasteiger partial charge is 0.387 e. The van der Waals surface area contributed by atoms with Crippen molar-refractivity contribution in [2.45, 2.75) is 38.0 Å². The second kappa shape index (κ2) is 4.29. The van der Waals surface area contributed by atoms with Crippen molar-refractivity contribution in [3.8, 4) is 0 Å². The molecule has 0 aliphatic heterocycles. The third kappa shape index (κ3) is 1.92. The first kappa shape index (κ1) is 11.5. The highest BCUT2D eigenvalue weighted by atomic mass is 35.5. The van der Waals surface area contributed by atoms with E-state index in [1.54, 1.807) is 13.1 Å². The Balaban J connectivity index is 0.000000980. The summed E-state index contributed by atoms with van der Waals surface area (Å²) in [5, 5.41) is 13.6. The molecule has 0 amide bonds. The normalized spacial score (nSPS) is 27.6. The van der Waals surface area contributed by atoms with E-state index < -0.39 is 6.10 Å². The fraction of sp³-hybridized carbons (Fsp3) is 0.667. The average molecular weight is 218 g/mol. The molecule has 0 aromatic carbocycles. The first-order chi connectivity index (χ1) is 6.18. The maximum atomic E-state index is 9.44. The molecule has 1 heterocycles. The number of rotatable bonds is 2. The molecule has 1 aromatic rings. The lowest BCUT2D eigenvalue weighted by molar-refractivity contribution is 0.166. The quantitative estimate of drug-likeness (QED) is 0.778. The molecule has 0 unspecified atom stereocenters. The van der Waals surface area contributed by atoms with Crippen LogP contribution in [0.15, 0.2) is 12.3 Å². The van der Waals surface area contributed by atoms with Gasteiger partial charge >= 0.3 is 0 Å². The van der Waals surface area contributed by atoms with Crippen molar-refractivity contribution in [1.82, 2.24) is 9.78 Å². The Hall–Kier alpha value is -0.580. The second-order valence-corrected chi connectivity index (χ2v) is 3.76. The van der Waals surface area contributed by atoms with Gasteiger partial charge in [-0.1, -0.05) is 0 Å². The Morgan fingerprint density at radius 1 is 1.64 bits per heavy atom. The fourth-order valence-electron chi connectivity index (χ4n) is 1.79. The van der Waals surface area contributed by atoms with Crippen LogP contribution >= 0.6 is 12.4 Å². The van der Waals surface area contributed by atoms with Crippen LogP contribution in [0.2, 0.25) is 0 Å². The van der Waals surface area contributed by atoms with Crippen molar-refractivity contribution in [1.29, 1.82) is 0 Å². The molecule has 1 aliphatic carbocycles. The van der Waals surface area contributed by atoms with Crippen LogP contribution < -0.4 is 5.73 Å². The van der Waals surface area contributed by atoms with E-state index in [9.17, 15) is 5.11 Å². The summed E-state index contributed by atoms with van der Waals surface area (Å²) in [7, 11) is 0. The van der Waals surface area contributed by atoms with Crippen molar-refractivity contribution in [3.63, 3.8) is 0 Å². The maximum absolute atomic E-state index is 9.44. The molecule has 0 spiro atoms. The van der Waals surface area contributed by atoms with E-state index in [0.29, 0.717) is 12.1 Å². The molecule has 5 heteroatoms. The number of aromatic nitrogens is 2. The number of nitrogens with zero attached hydrogens (tertiary/aromatic N) is 2. The molecule has 1 fully saturated rings. The topological polar surface area (TPSA) is 64.1 Å². The lowest BCUT2D eigenvalue weighted by Gasteiger charge is -2.33. The standard InChI is InChI=1S/C9H15N3O.ClH/c1-6(13)9-2-3-11-12(9)8-4-7(10)5-8;/h2-3,6-8,13H,4-5,10H2,1H3;1H/t6-,7?,8?;/m1./s1. The molecule has 1 atom stereocenters.